The maximum Gasteiger partial charge on any atom is 0.310 e. The zero-order valence-corrected chi connectivity index (χ0v) is 11.2. The number of rotatable bonds is 2. The fraction of sp³-hybridized carbons (Fsp3) is 0.429. The van der Waals surface area contributed by atoms with Crippen LogP contribution in [0, 0.1) is 23.5 Å². The maximum atomic E-state index is 13.6. The fourth-order valence-electron chi connectivity index (χ4n) is 2.43. The molecule has 1 saturated heterocycles. The van der Waals surface area contributed by atoms with Gasteiger partial charge >= 0.3 is 5.97 Å². The monoisotopic (exact) mass is 283 g/mol. The average Bonchev–Trinajstić information content (AvgIpc) is 2.82. The number of benzene rings is 1. The minimum absolute atomic E-state index is 0.0805. The Labute approximate surface area is 115 Å². The molecule has 1 heterocycles. The van der Waals surface area contributed by atoms with Gasteiger partial charge in [0.2, 0.25) is 0 Å². The number of nitrogens with zero attached hydrogens (tertiary/aromatic N) is 1. The molecule has 1 aromatic rings. The van der Waals surface area contributed by atoms with Crippen LogP contribution in [0.25, 0.3) is 0 Å². The van der Waals surface area contributed by atoms with Crippen LogP contribution in [0.15, 0.2) is 18.2 Å². The molecule has 0 bridgehead atoms. The van der Waals surface area contributed by atoms with Gasteiger partial charge in [-0.1, -0.05) is 13.0 Å². The van der Waals surface area contributed by atoms with E-state index in [0.717, 1.165) is 6.07 Å². The molecule has 1 aliphatic heterocycles. The van der Waals surface area contributed by atoms with Gasteiger partial charge < -0.3 is 9.64 Å². The molecular weight excluding hydrogens is 268 g/mol. The van der Waals surface area contributed by atoms with E-state index in [-0.39, 0.29) is 18.0 Å². The number of ether oxygens (including phenoxy) is 1. The van der Waals surface area contributed by atoms with Crippen molar-refractivity contribution in [2.45, 2.75) is 6.92 Å². The molecular formula is C14H15F2NO3. The summed E-state index contributed by atoms with van der Waals surface area (Å²) in [7, 11) is 1.28. The molecule has 2 rings (SSSR count). The molecule has 4 nitrogen and oxygen atoms in total. The van der Waals surface area contributed by atoms with Crippen molar-refractivity contribution in [3.8, 4) is 0 Å². The molecule has 20 heavy (non-hydrogen) atoms. The van der Waals surface area contributed by atoms with Crippen molar-refractivity contribution < 1.29 is 23.1 Å². The first-order valence-corrected chi connectivity index (χ1v) is 6.26. The summed E-state index contributed by atoms with van der Waals surface area (Å²) < 4.78 is 31.4. The zero-order valence-electron chi connectivity index (χ0n) is 11.2. The molecule has 2 unspecified atom stereocenters. The molecule has 1 aliphatic rings. The summed E-state index contributed by atoms with van der Waals surface area (Å²) in [5.74, 6) is -3.74. The Bertz CT molecular complexity index is 547. The van der Waals surface area contributed by atoms with Crippen LogP contribution in [0.3, 0.4) is 0 Å². The Morgan fingerprint density at radius 3 is 2.65 bits per heavy atom. The van der Waals surface area contributed by atoms with Crippen molar-refractivity contribution in [1.29, 1.82) is 0 Å². The van der Waals surface area contributed by atoms with Crippen LogP contribution >= 0.6 is 0 Å². The Morgan fingerprint density at radius 1 is 1.30 bits per heavy atom. The number of esters is 1. The van der Waals surface area contributed by atoms with Gasteiger partial charge in [-0.3, -0.25) is 9.59 Å². The van der Waals surface area contributed by atoms with Crippen LogP contribution in [-0.4, -0.2) is 37.0 Å². The second-order valence-corrected chi connectivity index (χ2v) is 4.92. The van der Waals surface area contributed by atoms with Crippen molar-refractivity contribution in [3.05, 3.63) is 35.4 Å². The van der Waals surface area contributed by atoms with Crippen molar-refractivity contribution in [3.63, 3.8) is 0 Å². The van der Waals surface area contributed by atoms with E-state index in [0.29, 0.717) is 6.54 Å². The molecule has 0 radical (unpaired) electrons. The number of amides is 1. The molecule has 1 aromatic carbocycles. The standard InChI is InChI=1S/C14H15F2NO3/c1-8-6-17(7-10(8)14(19)20-2)13(18)9-4-3-5-11(15)12(9)16/h3-5,8,10H,6-7H2,1-2H3. The van der Waals surface area contributed by atoms with E-state index in [1.54, 1.807) is 0 Å². The third-order valence-corrected chi connectivity index (χ3v) is 3.59. The summed E-state index contributed by atoms with van der Waals surface area (Å²) in [6.45, 7) is 2.29. The first kappa shape index (κ1) is 14.4. The van der Waals surface area contributed by atoms with Crippen molar-refractivity contribution >= 4 is 11.9 Å². The van der Waals surface area contributed by atoms with Gasteiger partial charge in [0.15, 0.2) is 11.6 Å². The van der Waals surface area contributed by atoms with E-state index in [1.165, 1.54) is 24.1 Å². The number of hydrogen-bond acceptors (Lipinski definition) is 3. The second kappa shape index (κ2) is 5.56. The van der Waals surface area contributed by atoms with Gasteiger partial charge in [0.1, 0.15) is 0 Å². The van der Waals surface area contributed by atoms with E-state index in [9.17, 15) is 18.4 Å². The molecule has 0 aromatic heterocycles. The average molecular weight is 283 g/mol. The normalized spacial score (nSPS) is 21.9. The zero-order chi connectivity index (χ0) is 14.9. The molecule has 0 spiro atoms. The van der Waals surface area contributed by atoms with Crippen molar-refractivity contribution in [1.82, 2.24) is 4.90 Å². The first-order chi connectivity index (χ1) is 9.45. The lowest BCUT2D eigenvalue weighted by Crippen LogP contribution is -2.31. The smallest absolute Gasteiger partial charge is 0.310 e. The second-order valence-electron chi connectivity index (χ2n) is 4.92. The van der Waals surface area contributed by atoms with Gasteiger partial charge in [0.05, 0.1) is 18.6 Å². The van der Waals surface area contributed by atoms with E-state index in [1.807, 2.05) is 6.92 Å². The highest BCUT2D eigenvalue weighted by Crippen LogP contribution is 2.26. The lowest BCUT2D eigenvalue weighted by molar-refractivity contribution is -0.146. The molecule has 0 saturated carbocycles. The van der Waals surface area contributed by atoms with Gasteiger partial charge in [0, 0.05) is 13.1 Å². The highest BCUT2D eigenvalue weighted by molar-refractivity contribution is 5.95. The SMILES string of the molecule is COC(=O)C1CN(C(=O)c2cccc(F)c2F)CC1C. The molecule has 0 N–H and O–H groups in total. The fourth-order valence-corrected chi connectivity index (χ4v) is 2.43. The molecule has 2 atom stereocenters. The topological polar surface area (TPSA) is 46.6 Å². The number of carbonyl (C=O) groups is 2. The Morgan fingerprint density at radius 2 is 2.00 bits per heavy atom. The van der Waals surface area contributed by atoms with E-state index >= 15 is 0 Å². The minimum Gasteiger partial charge on any atom is -0.469 e. The van der Waals surface area contributed by atoms with Crippen molar-refractivity contribution in [2.75, 3.05) is 20.2 Å². The van der Waals surface area contributed by atoms with Gasteiger partial charge in [0.25, 0.3) is 5.91 Å². The Hall–Kier alpha value is -1.98. The lowest BCUT2D eigenvalue weighted by Gasteiger charge is -2.16. The Balaban J connectivity index is 2.19. The van der Waals surface area contributed by atoms with Crippen LogP contribution in [0.2, 0.25) is 0 Å². The van der Waals surface area contributed by atoms with E-state index < -0.39 is 29.4 Å². The van der Waals surface area contributed by atoms with Crippen LogP contribution in [0.4, 0.5) is 8.78 Å². The summed E-state index contributed by atoms with van der Waals surface area (Å²) >= 11 is 0. The minimum atomic E-state index is -1.16. The van der Waals surface area contributed by atoms with E-state index in [2.05, 4.69) is 4.74 Å². The number of methoxy groups -OCH3 is 1. The highest BCUT2D eigenvalue weighted by Gasteiger charge is 2.38. The summed E-state index contributed by atoms with van der Waals surface area (Å²) in [4.78, 5) is 25.1. The van der Waals surface area contributed by atoms with Gasteiger partial charge in [-0.15, -0.1) is 0 Å². The summed E-state index contributed by atoms with van der Waals surface area (Å²) in [5.41, 5.74) is -0.317. The maximum absolute atomic E-state index is 13.6. The summed E-state index contributed by atoms with van der Waals surface area (Å²) in [6, 6.07) is 3.47. The number of hydrogen-bond donors (Lipinski definition) is 0. The van der Waals surface area contributed by atoms with Crippen LogP contribution < -0.4 is 0 Å². The number of likely N-dealkylation sites (tertiary alicyclic amines) is 1. The van der Waals surface area contributed by atoms with Crippen LogP contribution in [0.5, 0.6) is 0 Å². The Kier molecular flexibility index (Phi) is 4.01. The molecule has 108 valence electrons. The quantitative estimate of drug-likeness (QED) is 0.778. The predicted octanol–water partition coefficient (Wildman–Crippen LogP) is 1.85. The predicted molar refractivity (Wildman–Crippen MR) is 66.9 cm³/mol. The largest absolute Gasteiger partial charge is 0.469 e. The first-order valence-electron chi connectivity index (χ1n) is 6.26. The lowest BCUT2D eigenvalue weighted by atomic mass is 9.99. The molecule has 0 aliphatic carbocycles. The van der Waals surface area contributed by atoms with E-state index in [4.69, 9.17) is 0 Å². The third-order valence-electron chi connectivity index (χ3n) is 3.59. The van der Waals surface area contributed by atoms with Gasteiger partial charge in [-0.25, -0.2) is 8.78 Å². The molecule has 1 amide bonds. The third kappa shape index (κ3) is 2.50. The van der Waals surface area contributed by atoms with Gasteiger partial charge in [-0.05, 0) is 18.1 Å². The van der Waals surface area contributed by atoms with Crippen molar-refractivity contribution in [2.24, 2.45) is 11.8 Å². The highest BCUT2D eigenvalue weighted by atomic mass is 19.2. The summed E-state index contributed by atoms with van der Waals surface area (Å²) in [5, 5.41) is 0. The van der Waals surface area contributed by atoms with Crippen LogP contribution in [0.1, 0.15) is 17.3 Å². The number of halogens is 2. The number of carbonyl (C=O) groups excluding carboxylic acids is 2. The molecule has 6 heteroatoms. The summed E-state index contributed by atoms with van der Waals surface area (Å²) in [6.07, 6.45) is 0. The van der Waals surface area contributed by atoms with Gasteiger partial charge in [-0.2, -0.15) is 0 Å². The van der Waals surface area contributed by atoms with Crippen LogP contribution in [-0.2, 0) is 9.53 Å². The molecule has 1 fully saturated rings.